The summed E-state index contributed by atoms with van der Waals surface area (Å²) < 4.78 is 10.0. The maximum atomic E-state index is 12.1. The van der Waals surface area contributed by atoms with Gasteiger partial charge >= 0.3 is 5.97 Å². The van der Waals surface area contributed by atoms with Crippen LogP contribution in [0, 0.1) is 6.92 Å². The van der Waals surface area contributed by atoms with Crippen LogP contribution < -0.4 is 4.74 Å². The lowest BCUT2D eigenvalue weighted by atomic mass is 9.91. The Morgan fingerprint density at radius 2 is 1.47 bits per heavy atom. The molecule has 6 aromatic rings. The summed E-state index contributed by atoms with van der Waals surface area (Å²) in [5.41, 5.74) is 4.37. The largest absolute Gasteiger partial charge is 0.478 e. The second-order valence-corrected chi connectivity index (χ2v) is 12.0. The number of hydrogen-bond donors (Lipinski definition) is 1. The van der Waals surface area contributed by atoms with E-state index < -0.39 is 12.1 Å². The van der Waals surface area contributed by atoms with Crippen LogP contribution in [-0.2, 0) is 11.2 Å². The number of ether oxygens (including phenoxy) is 1. The highest BCUT2D eigenvalue weighted by molar-refractivity contribution is 9.11. The van der Waals surface area contributed by atoms with E-state index in [0.29, 0.717) is 14.7 Å². The van der Waals surface area contributed by atoms with Crippen LogP contribution in [0.4, 0.5) is 0 Å². The average molecular weight is 646 g/mol. The average Bonchev–Trinajstić information content (AvgIpc) is 3.30. The molecule has 188 valence electrons. The number of benzene rings is 5. The van der Waals surface area contributed by atoms with Gasteiger partial charge in [-0.2, -0.15) is 0 Å². The molecule has 0 aliphatic rings. The van der Waals surface area contributed by atoms with Crippen LogP contribution in [0.25, 0.3) is 42.1 Å². The number of aryl methyl sites for hydroxylation is 1. The lowest BCUT2D eigenvalue weighted by molar-refractivity contribution is -0.145. The minimum absolute atomic E-state index is 0.265. The maximum absolute atomic E-state index is 12.1. The van der Waals surface area contributed by atoms with E-state index in [1.807, 2.05) is 53.8 Å². The molecule has 0 spiro atoms. The van der Waals surface area contributed by atoms with Gasteiger partial charge < -0.3 is 9.84 Å². The van der Waals surface area contributed by atoms with Gasteiger partial charge in [0.15, 0.2) is 6.10 Å². The first-order chi connectivity index (χ1) is 18.4. The second kappa shape index (κ2) is 10.2. The van der Waals surface area contributed by atoms with Gasteiger partial charge in [-0.1, -0.05) is 72.8 Å². The summed E-state index contributed by atoms with van der Waals surface area (Å²) in [7, 11) is 0. The Labute approximate surface area is 240 Å². The summed E-state index contributed by atoms with van der Waals surface area (Å²) in [5, 5.41) is 14.8. The van der Waals surface area contributed by atoms with Crippen LogP contribution in [0.5, 0.6) is 5.75 Å². The van der Waals surface area contributed by atoms with Crippen molar-refractivity contribution >= 4 is 80.1 Å². The third-order valence-electron chi connectivity index (χ3n) is 6.87. The molecule has 38 heavy (non-hydrogen) atoms. The van der Waals surface area contributed by atoms with Crippen LogP contribution in [-0.4, -0.2) is 17.2 Å². The van der Waals surface area contributed by atoms with Gasteiger partial charge in [-0.05, 0) is 90.0 Å². The molecular weight excluding hydrogens is 624 g/mol. The molecule has 0 saturated carbocycles. The van der Waals surface area contributed by atoms with Crippen molar-refractivity contribution in [1.82, 2.24) is 0 Å². The third kappa shape index (κ3) is 4.41. The predicted octanol–water partition coefficient (Wildman–Crippen LogP) is 9.78. The molecule has 1 N–H and O–H groups in total. The number of halogens is 2. The first-order valence-corrected chi connectivity index (χ1v) is 14.6. The SMILES string of the molecule is Cc1c2ccccc2c(-c2cc(Br)c(OC(Cc3ccccc3)C(=O)O)c(Br)c2)c2c1sc1ccccc12. The zero-order valence-corrected chi connectivity index (χ0v) is 24.4. The Bertz CT molecular complexity index is 1820. The summed E-state index contributed by atoms with van der Waals surface area (Å²) in [6.07, 6.45) is -0.760. The molecule has 0 saturated heterocycles. The van der Waals surface area contributed by atoms with Gasteiger partial charge in [-0.25, -0.2) is 4.79 Å². The van der Waals surface area contributed by atoms with Gasteiger partial charge in [-0.3, -0.25) is 0 Å². The Balaban J connectivity index is 1.52. The molecule has 6 heteroatoms. The molecule has 0 aliphatic carbocycles. The van der Waals surface area contributed by atoms with Gasteiger partial charge in [0.05, 0.1) is 8.95 Å². The van der Waals surface area contributed by atoms with Gasteiger partial charge in [0, 0.05) is 26.6 Å². The topological polar surface area (TPSA) is 46.5 Å². The lowest BCUT2D eigenvalue weighted by Crippen LogP contribution is -2.29. The maximum Gasteiger partial charge on any atom is 0.345 e. The van der Waals surface area contributed by atoms with Crippen molar-refractivity contribution in [3.8, 4) is 16.9 Å². The van der Waals surface area contributed by atoms with Crippen molar-refractivity contribution in [3.05, 3.63) is 111 Å². The van der Waals surface area contributed by atoms with Crippen molar-refractivity contribution in [2.24, 2.45) is 0 Å². The first kappa shape index (κ1) is 25.1. The predicted molar refractivity (Wildman–Crippen MR) is 165 cm³/mol. The zero-order chi connectivity index (χ0) is 26.4. The smallest absolute Gasteiger partial charge is 0.345 e. The Kier molecular flexibility index (Phi) is 6.72. The highest BCUT2D eigenvalue weighted by Gasteiger charge is 2.24. The van der Waals surface area contributed by atoms with E-state index in [2.05, 4.69) is 87.3 Å². The summed E-state index contributed by atoms with van der Waals surface area (Å²) >= 11 is 9.21. The molecule has 0 amide bonds. The van der Waals surface area contributed by atoms with Crippen molar-refractivity contribution in [1.29, 1.82) is 0 Å². The molecule has 0 fully saturated rings. The molecule has 0 aliphatic heterocycles. The minimum atomic E-state index is -1.02. The molecular formula is C32H22Br2O3S. The van der Waals surface area contributed by atoms with E-state index in [-0.39, 0.29) is 6.42 Å². The van der Waals surface area contributed by atoms with E-state index in [1.54, 1.807) is 0 Å². The Morgan fingerprint density at radius 1 is 0.868 bits per heavy atom. The van der Waals surface area contributed by atoms with Gasteiger partial charge in [0.25, 0.3) is 0 Å². The first-order valence-electron chi connectivity index (χ1n) is 12.2. The molecule has 0 radical (unpaired) electrons. The van der Waals surface area contributed by atoms with Crippen LogP contribution in [0.2, 0.25) is 0 Å². The van der Waals surface area contributed by atoms with Gasteiger partial charge in [-0.15, -0.1) is 11.3 Å². The van der Waals surface area contributed by atoms with E-state index in [0.717, 1.165) is 16.7 Å². The standard InChI is InChI=1S/C32H22Br2O3S/c1-18-21-11-5-6-12-22(21)28(29-23-13-7-8-14-27(23)38-31(18)29)20-16-24(33)30(25(34)17-20)37-26(32(35)36)15-19-9-3-2-4-10-19/h2-14,16-17,26H,15H2,1H3,(H,35,36). The van der Waals surface area contributed by atoms with E-state index >= 15 is 0 Å². The fourth-order valence-corrected chi connectivity index (χ4v) is 7.71. The summed E-state index contributed by atoms with van der Waals surface area (Å²) in [5.74, 6) is -0.535. The van der Waals surface area contributed by atoms with E-state index in [4.69, 9.17) is 4.74 Å². The fourth-order valence-electron chi connectivity index (χ4n) is 5.11. The van der Waals surface area contributed by atoms with Crippen LogP contribution >= 0.6 is 43.2 Å². The van der Waals surface area contributed by atoms with Crippen LogP contribution in [0.1, 0.15) is 11.1 Å². The Hall–Kier alpha value is -3.19. The van der Waals surface area contributed by atoms with Gasteiger partial charge in [0.2, 0.25) is 0 Å². The molecule has 1 aromatic heterocycles. The summed E-state index contributed by atoms with van der Waals surface area (Å²) in [6, 6.07) is 30.6. The molecule has 3 nitrogen and oxygen atoms in total. The van der Waals surface area contributed by atoms with Crippen molar-refractivity contribution in [3.63, 3.8) is 0 Å². The number of carboxylic acid groups (broad SMARTS) is 1. The molecule has 1 heterocycles. The molecule has 1 atom stereocenters. The van der Waals surface area contributed by atoms with Crippen molar-refractivity contribution in [2.75, 3.05) is 0 Å². The number of carboxylic acids is 1. The highest BCUT2D eigenvalue weighted by Crippen LogP contribution is 2.48. The zero-order valence-electron chi connectivity index (χ0n) is 20.4. The van der Waals surface area contributed by atoms with Crippen molar-refractivity contribution in [2.45, 2.75) is 19.4 Å². The minimum Gasteiger partial charge on any atom is -0.478 e. The van der Waals surface area contributed by atoms with E-state index in [1.165, 1.54) is 36.5 Å². The summed E-state index contributed by atoms with van der Waals surface area (Å²) in [6.45, 7) is 2.20. The number of fused-ring (bicyclic) bond motifs is 4. The van der Waals surface area contributed by atoms with Crippen LogP contribution in [0.3, 0.4) is 0 Å². The normalized spacial score (nSPS) is 12.3. The Morgan fingerprint density at radius 3 is 2.16 bits per heavy atom. The third-order valence-corrected chi connectivity index (χ3v) is 9.34. The molecule has 0 bridgehead atoms. The number of rotatable bonds is 6. The van der Waals surface area contributed by atoms with Crippen LogP contribution in [0.15, 0.2) is 99.9 Å². The molecule has 5 aromatic carbocycles. The van der Waals surface area contributed by atoms with Crippen molar-refractivity contribution < 1.29 is 14.6 Å². The quantitative estimate of drug-likeness (QED) is 0.196. The lowest BCUT2D eigenvalue weighted by Gasteiger charge is -2.19. The number of carbonyl (C=O) groups is 1. The highest BCUT2D eigenvalue weighted by atomic mass is 79.9. The fraction of sp³-hybridized carbons (Fsp3) is 0.0938. The summed E-state index contributed by atoms with van der Waals surface area (Å²) in [4.78, 5) is 12.1. The van der Waals surface area contributed by atoms with E-state index in [9.17, 15) is 9.90 Å². The molecule has 1 unspecified atom stereocenters. The number of thiophene rings is 1. The monoisotopic (exact) mass is 644 g/mol. The number of aliphatic carboxylic acids is 1. The second-order valence-electron chi connectivity index (χ2n) is 9.25. The molecule has 6 rings (SSSR count). The number of hydrogen-bond acceptors (Lipinski definition) is 3. The van der Waals surface area contributed by atoms with Gasteiger partial charge in [0.1, 0.15) is 5.75 Å².